The van der Waals surface area contributed by atoms with Gasteiger partial charge in [0.25, 0.3) is 5.91 Å². The first kappa shape index (κ1) is 27.0. The van der Waals surface area contributed by atoms with Gasteiger partial charge in [-0.25, -0.2) is 0 Å². The van der Waals surface area contributed by atoms with E-state index in [0.29, 0.717) is 22.4 Å². The van der Waals surface area contributed by atoms with Crippen LogP contribution >= 0.6 is 11.6 Å². The molecule has 1 atom stereocenters. The van der Waals surface area contributed by atoms with E-state index in [1.54, 1.807) is 12.1 Å². The Hall–Kier alpha value is -3.22. The largest absolute Gasteiger partial charge is 0.345 e. The summed E-state index contributed by atoms with van der Waals surface area (Å²) in [4.78, 5) is 34.9. The predicted molar refractivity (Wildman–Crippen MR) is 157 cm³/mol. The number of pyridine rings is 1. The molecule has 2 saturated heterocycles. The Balaban J connectivity index is 1.01. The minimum Gasteiger partial charge on any atom is -0.345 e. The average Bonchev–Trinajstić information content (AvgIpc) is 3.37. The quantitative estimate of drug-likeness (QED) is 0.429. The third-order valence-electron chi connectivity index (χ3n) is 9.32. The van der Waals surface area contributed by atoms with Gasteiger partial charge in [0.05, 0.1) is 23.0 Å². The summed E-state index contributed by atoms with van der Waals surface area (Å²) < 4.78 is 0. The van der Waals surface area contributed by atoms with Crippen LogP contribution < -0.4 is 5.32 Å². The van der Waals surface area contributed by atoms with E-state index in [1.165, 1.54) is 24.0 Å². The Morgan fingerprint density at radius 3 is 2.40 bits per heavy atom. The van der Waals surface area contributed by atoms with Crippen LogP contribution in [-0.2, 0) is 24.2 Å². The zero-order chi connectivity index (χ0) is 27.5. The molecular formula is C33H37ClN4O2. The van der Waals surface area contributed by atoms with Gasteiger partial charge in [0, 0.05) is 32.0 Å². The second kappa shape index (κ2) is 11.7. The summed E-state index contributed by atoms with van der Waals surface area (Å²) in [6, 6.07) is 17.6. The molecule has 1 aromatic heterocycles. The number of piperidine rings is 2. The molecule has 3 aliphatic rings. The highest BCUT2D eigenvalue weighted by atomic mass is 35.5. The highest BCUT2D eigenvalue weighted by Gasteiger charge is 2.38. The number of rotatable bonds is 6. The van der Waals surface area contributed by atoms with Crippen molar-refractivity contribution in [3.8, 4) is 0 Å². The SMILES string of the molecule is O=C(NC1CCc2ccc(CC(=O)N3CCC4(CCN(Cc5ccncc5)CC4)CC3)cc21)c1ccccc1Cl. The number of hydrogen-bond acceptors (Lipinski definition) is 4. The first-order valence-corrected chi connectivity index (χ1v) is 14.9. The summed E-state index contributed by atoms with van der Waals surface area (Å²) >= 11 is 6.24. The van der Waals surface area contributed by atoms with Crippen molar-refractivity contribution in [2.75, 3.05) is 26.2 Å². The summed E-state index contributed by atoms with van der Waals surface area (Å²) in [6.45, 7) is 4.95. The van der Waals surface area contributed by atoms with Gasteiger partial charge in [-0.2, -0.15) is 0 Å². The molecule has 40 heavy (non-hydrogen) atoms. The minimum atomic E-state index is -0.157. The van der Waals surface area contributed by atoms with Crippen LogP contribution in [0.4, 0.5) is 0 Å². The summed E-state index contributed by atoms with van der Waals surface area (Å²) in [5.74, 6) is 0.0509. The number of carbonyl (C=O) groups is 2. The third-order valence-corrected chi connectivity index (χ3v) is 9.65. The number of nitrogens with one attached hydrogen (secondary N) is 1. The molecule has 1 N–H and O–H groups in total. The van der Waals surface area contributed by atoms with Crippen LogP contribution in [0.15, 0.2) is 67.0 Å². The van der Waals surface area contributed by atoms with Gasteiger partial charge in [0.15, 0.2) is 0 Å². The molecule has 2 amide bonds. The van der Waals surface area contributed by atoms with Crippen LogP contribution in [0.5, 0.6) is 0 Å². The Bertz CT molecular complexity index is 1360. The number of nitrogens with zero attached hydrogens (tertiary/aromatic N) is 3. The summed E-state index contributed by atoms with van der Waals surface area (Å²) in [7, 11) is 0. The van der Waals surface area contributed by atoms with Crippen LogP contribution in [0.3, 0.4) is 0 Å². The average molecular weight is 557 g/mol. The van der Waals surface area contributed by atoms with E-state index in [1.807, 2.05) is 24.5 Å². The van der Waals surface area contributed by atoms with E-state index in [2.05, 4.69) is 50.4 Å². The summed E-state index contributed by atoms with van der Waals surface area (Å²) in [5.41, 5.74) is 5.59. The lowest BCUT2D eigenvalue weighted by Crippen LogP contribution is -2.48. The molecule has 3 aromatic rings. The number of aryl methyl sites for hydroxylation is 1. The predicted octanol–water partition coefficient (Wildman–Crippen LogP) is 5.60. The molecule has 7 heteroatoms. The van der Waals surface area contributed by atoms with E-state index in [9.17, 15) is 9.59 Å². The second-order valence-corrected chi connectivity index (χ2v) is 12.2. The van der Waals surface area contributed by atoms with Crippen LogP contribution in [0.1, 0.15) is 70.8 Å². The number of amides is 2. The minimum absolute atomic E-state index is 0.0619. The van der Waals surface area contributed by atoms with E-state index < -0.39 is 0 Å². The van der Waals surface area contributed by atoms with Crippen LogP contribution in [0.25, 0.3) is 0 Å². The number of aromatic nitrogens is 1. The van der Waals surface area contributed by atoms with Crippen molar-refractivity contribution >= 4 is 23.4 Å². The Labute approximate surface area is 241 Å². The van der Waals surface area contributed by atoms with Crippen molar-refractivity contribution in [3.05, 3.63) is 99.8 Å². The highest BCUT2D eigenvalue weighted by Crippen LogP contribution is 2.41. The van der Waals surface area contributed by atoms with Crippen molar-refractivity contribution in [1.82, 2.24) is 20.1 Å². The lowest BCUT2D eigenvalue weighted by molar-refractivity contribution is -0.133. The van der Waals surface area contributed by atoms with Gasteiger partial charge >= 0.3 is 0 Å². The topological polar surface area (TPSA) is 65.5 Å². The maximum Gasteiger partial charge on any atom is 0.253 e. The van der Waals surface area contributed by atoms with Crippen molar-refractivity contribution in [2.24, 2.45) is 5.41 Å². The van der Waals surface area contributed by atoms with Gasteiger partial charge in [-0.05, 0) is 104 Å². The molecule has 208 valence electrons. The summed E-state index contributed by atoms with van der Waals surface area (Å²) in [6.07, 6.45) is 10.6. The molecule has 0 saturated carbocycles. The Kier molecular flexibility index (Phi) is 7.90. The molecule has 2 aliphatic heterocycles. The fourth-order valence-electron chi connectivity index (χ4n) is 6.74. The lowest BCUT2D eigenvalue weighted by Gasteiger charge is -2.47. The molecule has 6 nitrogen and oxygen atoms in total. The van der Waals surface area contributed by atoms with E-state index in [0.717, 1.165) is 69.5 Å². The van der Waals surface area contributed by atoms with Crippen LogP contribution in [-0.4, -0.2) is 52.8 Å². The zero-order valence-electron chi connectivity index (χ0n) is 22.9. The van der Waals surface area contributed by atoms with Gasteiger partial charge in [0.1, 0.15) is 0 Å². The van der Waals surface area contributed by atoms with Crippen LogP contribution in [0.2, 0.25) is 5.02 Å². The maximum atomic E-state index is 13.3. The van der Waals surface area contributed by atoms with Crippen molar-refractivity contribution in [3.63, 3.8) is 0 Å². The van der Waals surface area contributed by atoms with E-state index in [4.69, 9.17) is 11.6 Å². The fourth-order valence-corrected chi connectivity index (χ4v) is 6.96. The molecule has 1 unspecified atom stereocenters. The molecular weight excluding hydrogens is 520 g/mol. The smallest absolute Gasteiger partial charge is 0.253 e. The zero-order valence-corrected chi connectivity index (χ0v) is 23.7. The van der Waals surface area contributed by atoms with Gasteiger partial charge in [-0.15, -0.1) is 0 Å². The van der Waals surface area contributed by atoms with Crippen molar-refractivity contribution in [2.45, 2.75) is 57.5 Å². The molecule has 0 bridgehead atoms. The number of hydrogen-bond donors (Lipinski definition) is 1. The second-order valence-electron chi connectivity index (χ2n) is 11.8. The fraction of sp³-hybridized carbons (Fsp3) is 0.424. The van der Waals surface area contributed by atoms with Crippen molar-refractivity contribution in [1.29, 1.82) is 0 Å². The monoisotopic (exact) mass is 556 g/mol. The number of halogens is 1. The molecule has 3 heterocycles. The Morgan fingerprint density at radius 1 is 0.925 bits per heavy atom. The number of likely N-dealkylation sites (tertiary alicyclic amines) is 2. The van der Waals surface area contributed by atoms with Gasteiger partial charge in [0.2, 0.25) is 5.91 Å². The van der Waals surface area contributed by atoms with Crippen LogP contribution in [0, 0.1) is 5.41 Å². The van der Waals surface area contributed by atoms with E-state index >= 15 is 0 Å². The van der Waals surface area contributed by atoms with Gasteiger partial charge in [-0.3, -0.25) is 19.5 Å². The van der Waals surface area contributed by atoms with Gasteiger partial charge < -0.3 is 10.2 Å². The first-order valence-electron chi connectivity index (χ1n) is 14.5. The summed E-state index contributed by atoms with van der Waals surface area (Å²) in [5, 5.41) is 3.62. The number of fused-ring (bicyclic) bond motifs is 1. The maximum absolute atomic E-state index is 13.3. The van der Waals surface area contributed by atoms with E-state index in [-0.39, 0.29) is 17.9 Å². The third kappa shape index (κ3) is 5.93. The molecule has 6 rings (SSSR count). The van der Waals surface area contributed by atoms with Gasteiger partial charge in [-0.1, -0.05) is 41.9 Å². The highest BCUT2D eigenvalue weighted by molar-refractivity contribution is 6.33. The number of carbonyl (C=O) groups excluding carboxylic acids is 2. The standard InChI is InChI=1S/C33H37ClN4O2/c34-29-4-2-1-3-27(29)32(40)36-30-8-7-26-6-5-25(21-28(26)30)22-31(39)38-19-13-33(14-20-38)11-17-37(18-12-33)23-24-9-15-35-16-10-24/h1-6,9-10,15-16,21,30H,7-8,11-14,17-20,22-23H2,(H,36,40). The first-order chi connectivity index (χ1) is 19.5. The molecule has 1 aliphatic carbocycles. The molecule has 2 fully saturated rings. The van der Waals surface area contributed by atoms with Crippen molar-refractivity contribution < 1.29 is 9.59 Å². The molecule has 1 spiro atoms. The number of benzene rings is 2. The molecule has 2 aromatic carbocycles. The Morgan fingerprint density at radius 2 is 1.65 bits per heavy atom. The molecule has 0 radical (unpaired) electrons. The normalized spacial score (nSPS) is 20.3. The lowest BCUT2D eigenvalue weighted by atomic mass is 9.71.